The van der Waals surface area contributed by atoms with Crippen molar-refractivity contribution in [3.8, 4) is 0 Å². The van der Waals surface area contributed by atoms with Crippen LogP contribution < -0.4 is 5.73 Å². The highest BCUT2D eigenvalue weighted by Gasteiger charge is 2.13. The molecule has 90 valence electrons. The van der Waals surface area contributed by atoms with Crippen molar-refractivity contribution in [1.29, 1.82) is 0 Å². The summed E-state index contributed by atoms with van der Waals surface area (Å²) in [5.74, 6) is -0.222. The Kier molecular flexibility index (Phi) is 3.31. The van der Waals surface area contributed by atoms with Crippen LogP contribution in [0.3, 0.4) is 0 Å². The zero-order valence-corrected chi connectivity index (χ0v) is 11.1. The first-order chi connectivity index (χ1) is 7.97. The molecule has 2 aromatic rings. The molecule has 0 bridgehead atoms. The molecule has 2 rings (SSSR count). The molecule has 0 saturated heterocycles. The summed E-state index contributed by atoms with van der Waals surface area (Å²) >= 11 is 1.68. The smallest absolute Gasteiger partial charge is 0.123 e. The number of aryl methyl sites for hydroxylation is 3. The van der Waals surface area contributed by atoms with E-state index in [1.807, 2.05) is 13.0 Å². The molecule has 0 spiro atoms. The summed E-state index contributed by atoms with van der Waals surface area (Å²) < 4.78 is 13.3. The lowest BCUT2D eigenvalue weighted by molar-refractivity contribution is 0.622. The van der Waals surface area contributed by atoms with Crippen LogP contribution in [0.5, 0.6) is 0 Å². The van der Waals surface area contributed by atoms with E-state index in [0.717, 1.165) is 16.0 Å². The van der Waals surface area contributed by atoms with Crippen molar-refractivity contribution in [2.75, 3.05) is 0 Å². The molecule has 0 amide bonds. The van der Waals surface area contributed by atoms with Crippen molar-refractivity contribution in [3.05, 3.63) is 56.5 Å². The maximum Gasteiger partial charge on any atom is 0.123 e. The standard InChI is InChI=1S/C14H16FNS/c1-8-4-11(7-12(15)5-8)14(16)13-6-9(2)10(3)17-13/h4-7,14H,16H2,1-3H3. The van der Waals surface area contributed by atoms with E-state index in [1.54, 1.807) is 11.3 Å². The van der Waals surface area contributed by atoms with Gasteiger partial charge in [-0.15, -0.1) is 11.3 Å². The number of hydrogen-bond donors (Lipinski definition) is 1. The molecule has 3 heteroatoms. The molecular weight excluding hydrogens is 233 g/mol. The topological polar surface area (TPSA) is 26.0 Å². The number of halogens is 1. The van der Waals surface area contributed by atoms with Crippen LogP contribution in [0.4, 0.5) is 4.39 Å². The summed E-state index contributed by atoms with van der Waals surface area (Å²) in [7, 11) is 0. The maximum absolute atomic E-state index is 13.3. The van der Waals surface area contributed by atoms with E-state index in [1.165, 1.54) is 22.6 Å². The van der Waals surface area contributed by atoms with Gasteiger partial charge in [-0.25, -0.2) is 4.39 Å². The molecule has 0 saturated carbocycles. The van der Waals surface area contributed by atoms with Gasteiger partial charge in [0.05, 0.1) is 6.04 Å². The molecule has 0 aliphatic rings. The van der Waals surface area contributed by atoms with Gasteiger partial charge in [-0.3, -0.25) is 0 Å². The van der Waals surface area contributed by atoms with Crippen LogP contribution in [0, 0.1) is 26.6 Å². The second-order valence-electron chi connectivity index (χ2n) is 4.43. The maximum atomic E-state index is 13.3. The summed E-state index contributed by atoms with van der Waals surface area (Å²) in [6, 6.07) is 6.83. The van der Waals surface area contributed by atoms with Crippen LogP contribution in [0.2, 0.25) is 0 Å². The molecule has 0 radical (unpaired) electrons. The third kappa shape index (κ3) is 2.56. The monoisotopic (exact) mass is 249 g/mol. The zero-order valence-electron chi connectivity index (χ0n) is 10.3. The minimum atomic E-state index is -0.234. The van der Waals surface area contributed by atoms with Crippen LogP contribution >= 0.6 is 11.3 Å². The van der Waals surface area contributed by atoms with Gasteiger partial charge in [-0.1, -0.05) is 6.07 Å². The fourth-order valence-corrected chi connectivity index (χ4v) is 2.94. The van der Waals surface area contributed by atoms with E-state index >= 15 is 0 Å². The van der Waals surface area contributed by atoms with E-state index in [2.05, 4.69) is 19.9 Å². The van der Waals surface area contributed by atoms with E-state index in [-0.39, 0.29) is 11.9 Å². The van der Waals surface area contributed by atoms with Crippen LogP contribution in [-0.4, -0.2) is 0 Å². The Hall–Kier alpha value is -1.19. The molecule has 0 aliphatic carbocycles. The second kappa shape index (κ2) is 4.59. The van der Waals surface area contributed by atoms with Crippen molar-refractivity contribution >= 4 is 11.3 Å². The Labute approximate surface area is 105 Å². The predicted molar refractivity (Wildman–Crippen MR) is 71.0 cm³/mol. The number of benzene rings is 1. The fourth-order valence-electron chi connectivity index (χ4n) is 1.86. The Bertz CT molecular complexity index is 505. The van der Waals surface area contributed by atoms with Gasteiger partial charge in [0.25, 0.3) is 0 Å². The quantitative estimate of drug-likeness (QED) is 0.859. The van der Waals surface area contributed by atoms with Gasteiger partial charge in [0.15, 0.2) is 0 Å². The lowest BCUT2D eigenvalue weighted by Gasteiger charge is -2.11. The molecule has 2 N–H and O–H groups in total. The molecule has 0 aliphatic heterocycles. The SMILES string of the molecule is Cc1cc(F)cc(C(N)c2cc(C)c(C)s2)c1. The van der Waals surface area contributed by atoms with Gasteiger partial charge >= 0.3 is 0 Å². The third-order valence-electron chi connectivity index (χ3n) is 2.92. The van der Waals surface area contributed by atoms with Crippen molar-refractivity contribution in [1.82, 2.24) is 0 Å². The average molecular weight is 249 g/mol. The molecule has 1 atom stereocenters. The van der Waals surface area contributed by atoms with Crippen LogP contribution in [0.15, 0.2) is 24.3 Å². The number of hydrogen-bond acceptors (Lipinski definition) is 2. The largest absolute Gasteiger partial charge is 0.320 e. The Balaban J connectivity index is 2.39. The van der Waals surface area contributed by atoms with Crippen LogP contribution in [-0.2, 0) is 0 Å². The Morgan fingerprint density at radius 3 is 2.35 bits per heavy atom. The normalized spacial score (nSPS) is 12.8. The molecule has 1 unspecified atom stereocenters. The molecule has 0 fully saturated rings. The lowest BCUT2D eigenvalue weighted by atomic mass is 10.0. The molecule has 1 aromatic heterocycles. The fraction of sp³-hybridized carbons (Fsp3) is 0.286. The summed E-state index contributed by atoms with van der Waals surface area (Å²) in [5.41, 5.74) is 9.16. The van der Waals surface area contributed by atoms with Gasteiger partial charge in [-0.05, 0) is 55.7 Å². The summed E-state index contributed by atoms with van der Waals surface area (Å²) in [5, 5.41) is 0. The molecule has 1 nitrogen and oxygen atoms in total. The highest BCUT2D eigenvalue weighted by molar-refractivity contribution is 7.12. The van der Waals surface area contributed by atoms with E-state index in [4.69, 9.17) is 5.73 Å². The molecule has 1 heterocycles. The molecule has 1 aromatic carbocycles. The van der Waals surface area contributed by atoms with Crippen molar-refractivity contribution in [3.63, 3.8) is 0 Å². The Morgan fingerprint density at radius 2 is 1.82 bits per heavy atom. The number of rotatable bonds is 2. The van der Waals surface area contributed by atoms with Gasteiger partial charge in [-0.2, -0.15) is 0 Å². The third-order valence-corrected chi connectivity index (χ3v) is 4.15. The van der Waals surface area contributed by atoms with Crippen LogP contribution in [0.1, 0.15) is 32.5 Å². The van der Waals surface area contributed by atoms with E-state index in [9.17, 15) is 4.39 Å². The zero-order chi connectivity index (χ0) is 12.6. The van der Waals surface area contributed by atoms with Crippen molar-refractivity contribution in [2.45, 2.75) is 26.8 Å². The van der Waals surface area contributed by atoms with Crippen molar-refractivity contribution in [2.24, 2.45) is 5.73 Å². The first kappa shape index (κ1) is 12.3. The number of thiophene rings is 1. The molecular formula is C14H16FNS. The van der Waals surface area contributed by atoms with Gasteiger partial charge in [0, 0.05) is 9.75 Å². The Morgan fingerprint density at radius 1 is 1.12 bits per heavy atom. The second-order valence-corrected chi connectivity index (χ2v) is 5.72. The lowest BCUT2D eigenvalue weighted by Crippen LogP contribution is -2.10. The highest BCUT2D eigenvalue weighted by Crippen LogP contribution is 2.29. The predicted octanol–water partition coefficient (Wildman–Crippen LogP) is 3.86. The average Bonchev–Trinajstić information content (AvgIpc) is 2.57. The first-order valence-electron chi connectivity index (χ1n) is 5.57. The minimum Gasteiger partial charge on any atom is -0.320 e. The van der Waals surface area contributed by atoms with E-state index in [0.29, 0.717) is 0 Å². The van der Waals surface area contributed by atoms with E-state index < -0.39 is 0 Å². The van der Waals surface area contributed by atoms with Gasteiger partial charge in [0.2, 0.25) is 0 Å². The number of nitrogens with two attached hydrogens (primary N) is 1. The summed E-state index contributed by atoms with van der Waals surface area (Å²) in [4.78, 5) is 2.36. The van der Waals surface area contributed by atoms with Gasteiger partial charge < -0.3 is 5.73 Å². The van der Waals surface area contributed by atoms with Gasteiger partial charge in [0.1, 0.15) is 5.82 Å². The molecule has 17 heavy (non-hydrogen) atoms. The summed E-state index contributed by atoms with van der Waals surface area (Å²) in [6.45, 7) is 6.02. The van der Waals surface area contributed by atoms with Crippen molar-refractivity contribution < 1.29 is 4.39 Å². The van der Waals surface area contributed by atoms with Crippen LogP contribution in [0.25, 0.3) is 0 Å². The summed E-state index contributed by atoms with van der Waals surface area (Å²) in [6.07, 6.45) is 0. The highest BCUT2D eigenvalue weighted by atomic mass is 32.1. The minimum absolute atomic E-state index is 0.222. The first-order valence-corrected chi connectivity index (χ1v) is 6.38.